The Morgan fingerprint density at radius 3 is 2.75 bits per heavy atom. The zero-order valence-electron chi connectivity index (χ0n) is 12.4. The minimum absolute atomic E-state index is 0.703. The molecule has 2 aromatic rings. The van der Waals surface area contributed by atoms with E-state index in [9.17, 15) is 0 Å². The van der Waals surface area contributed by atoms with Crippen LogP contribution in [0.5, 0.6) is 0 Å². The third-order valence-corrected chi connectivity index (χ3v) is 3.95. The number of pyridine rings is 1. The topological polar surface area (TPSA) is 28.2 Å². The predicted octanol–water partition coefficient (Wildman–Crippen LogP) is 3.33. The van der Waals surface area contributed by atoms with Crippen molar-refractivity contribution in [3.63, 3.8) is 0 Å². The monoisotopic (exact) mass is 269 g/mol. The van der Waals surface area contributed by atoms with E-state index < -0.39 is 0 Å². The molecule has 0 saturated heterocycles. The average molecular weight is 269 g/mol. The summed E-state index contributed by atoms with van der Waals surface area (Å²) in [5, 5.41) is 4.67. The molecule has 3 nitrogen and oxygen atoms in total. The SMILES string of the molecule is CCNCc1cc2ccccc2nc1N(CC)C1CC1. The molecule has 20 heavy (non-hydrogen) atoms. The Labute approximate surface area is 121 Å². The van der Waals surface area contributed by atoms with E-state index in [2.05, 4.69) is 54.4 Å². The fourth-order valence-corrected chi connectivity index (χ4v) is 2.76. The van der Waals surface area contributed by atoms with E-state index in [-0.39, 0.29) is 0 Å². The van der Waals surface area contributed by atoms with E-state index >= 15 is 0 Å². The Kier molecular flexibility index (Phi) is 3.88. The third kappa shape index (κ3) is 2.63. The second kappa shape index (κ2) is 5.80. The molecule has 1 aromatic carbocycles. The van der Waals surface area contributed by atoms with Gasteiger partial charge in [0.25, 0.3) is 0 Å². The summed E-state index contributed by atoms with van der Waals surface area (Å²) >= 11 is 0. The van der Waals surface area contributed by atoms with E-state index in [4.69, 9.17) is 4.98 Å². The summed E-state index contributed by atoms with van der Waals surface area (Å²) in [5.74, 6) is 1.18. The van der Waals surface area contributed by atoms with E-state index in [0.29, 0.717) is 6.04 Å². The number of rotatable bonds is 6. The van der Waals surface area contributed by atoms with Gasteiger partial charge in [0.15, 0.2) is 0 Å². The minimum Gasteiger partial charge on any atom is -0.354 e. The van der Waals surface area contributed by atoms with Crippen LogP contribution < -0.4 is 10.2 Å². The summed E-state index contributed by atoms with van der Waals surface area (Å²) in [4.78, 5) is 7.42. The van der Waals surface area contributed by atoms with Crippen molar-refractivity contribution in [1.29, 1.82) is 0 Å². The molecule has 0 spiro atoms. The highest BCUT2D eigenvalue weighted by Gasteiger charge is 2.30. The molecule has 0 aliphatic heterocycles. The third-order valence-electron chi connectivity index (χ3n) is 3.95. The molecule has 1 saturated carbocycles. The van der Waals surface area contributed by atoms with Crippen LogP contribution in [-0.4, -0.2) is 24.1 Å². The van der Waals surface area contributed by atoms with E-state index in [1.54, 1.807) is 0 Å². The van der Waals surface area contributed by atoms with E-state index in [1.165, 1.54) is 29.6 Å². The molecule has 1 fully saturated rings. The van der Waals surface area contributed by atoms with Gasteiger partial charge in [-0.05, 0) is 38.4 Å². The van der Waals surface area contributed by atoms with Crippen LogP contribution in [0.2, 0.25) is 0 Å². The maximum Gasteiger partial charge on any atom is 0.134 e. The Bertz CT molecular complexity index is 590. The van der Waals surface area contributed by atoms with Crippen molar-refractivity contribution < 1.29 is 0 Å². The Morgan fingerprint density at radius 1 is 1.25 bits per heavy atom. The number of hydrogen-bond donors (Lipinski definition) is 1. The summed E-state index contributed by atoms with van der Waals surface area (Å²) in [6.45, 7) is 7.29. The molecule has 0 atom stereocenters. The summed E-state index contributed by atoms with van der Waals surface area (Å²) in [6.07, 6.45) is 2.62. The molecule has 1 aliphatic rings. The van der Waals surface area contributed by atoms with Crippen molar-refractivity contribution in [2.45, 2.75) is 39.3 Å². The first-order valence-corrected chi connectivity index (χ1v) is 7.69. The van der Waals surface area contributed by atoms with Gasteiger partial charge in [0.05, 0.1) is 5.52 Å². The molecule has 0 radical (unpaired) electrons. The summed E-state index contributed by atoms with van der Waals surface area (Å²) in [6, 6.07) is 11.4. The van der Waals surface area contributed by atoms with Crippen LogP contribution in [0.4, 0.5) is 5.82 Å². The molecule has 0 amide bonds. The lowest BCUT2D eigenvalue weighted by Gasteiger charge is -2.25. The fourth-order valence-electron chi connectivity index (χ4n) is 2.76. The van der Waals surface area contributed by atoms with Crippen molar-refractivity contribution in [1.82, 2.24) is 10.3 Å². The lowest BCUT2D eigenvalue weighted by Crippen LogP contribution is -2.28. The summed E-state index contributed by atoms with van der Waals surface area (Å²) < 4.78 is 0. The summed E-state index contributed by atoms with van der Waals surface area (Å²) in [5.41, 5.74) is 2.42. The molecule has 1 N–H and O–H groups in total. The smallest absolute Gasteiger partial charge is 0.134 e. The van der Waals surface area contributed by atoms with Gasteiger partial charge in [-0.3, -0.25) is 0 Å². The lowest BCUT2D eigenvalue weighted by molar-refractivity contribution is 0.714. The Morgan fingerprint density at radius 2 is 2.05 bits per heavy atom. The van der Waals surface area contributed by atoms with Crippen LogP contribution in [0.1, 0.15) is 32.3 Å². The molecular formula is C17H23N3. The van der Waals surface area contributed by atoms with Gasteiger partial charge in [-0.25, -0.2) is 4.98 Å². The molecule has 3 heteroatoms. The molecule has 0 bridgehead atoms. The first-order valence-electron chi connectivity index (χ1n) is 7.69. The molecule has 3 rings (SSSR count). The number of nitrogens with one attached hydrogen (secondary N) is 1. The molecule has 1 aliphatic carbocycles. The van der Waals surface area contributed by atoms with Gasteiger partial charge in [-0.1, -0.05) is 25.1 Å². The van der Waals surface area contributed by atoms with Crippen molar-refractivity contribution in [2.75, 3.05) is 18.0 Å². The normalized spacial score (nSPS) is 14.7. The number of benzene rings is 1. The molecule has 1 aromatic heterocycles. The van der Waals surface area contributed by atoms with Crippen molar-refractivity contribution in [3.8, 4) is 0 Å². The standard InChI is InChI=1S/C17H23N3/c1-3-18-12-14-11-13-7-5-6-8-16(13)19-17(14)20(4-2)15-9-10-15/h5-8,11,15,18H,3-4,9-10,12H2,1-2H3. The van der Waals surface area contributed by atoms with Crippen molar-refractivity contribution in [2.24, 2.45) is 0 Å². The predicted molar refractivity (Wildman–Crippen MR) is 85.2 cm³/mol. The number of para-hydroxylation sites is 1. The van der Waals surface area contributed by atoms with Crippen molar-refractivity contribution >= 4 is 16.7 Å². The van der Waals surface area contributed by atoms with E-state index in [1.807, 2.05) is 0 Å². The highest BCUT2D eigenvalue weighted by atomic mass is 15.2. The number of anilines is 1. The zero-order valence-corrected chi connectivity index (χ0v) is 12.4. The Hall–Kier alpha value is -1.61. The lowest BCUT2D eigenvalue weighted by atomic mass is 10.1. The van der Waals surface area contributed by atoms with Crippen LogP contribution in [-0.2, 0) is 6.54 Å². The number of fused-ring (bicyclic) bond motifs is 1. The highest BCUT2D eigenvalue weighted by molar-refractivity contribution is 5.82. The summed E-state index contributed by atoms with van der Waals surface area (Å²) in [7, 11) is 0. The van der Waals surface area contributed by atoms with Gasteiger partial charge >= 0.3 is 0 Å². The maximum atomic E-state index is 4.95. The first kappa shape index (κ1) is 13.4. The molecule has 1 heterocycles. The van der Waals surface area contributed by atoms with Crippen molar-refractivity contribution in [3.05, 3.63) is 35.9 Å². The highest BCUT2D eigenvalue weighted by Crippen LogP contribution is 2.33. The molecule has 0 unspecified atom stereocenters. The number of aromatic nitrogens is 1. The number of nitrogens with zero attached hydrogens (tertiary/aromatic N) is 2. The quantitative estimate of drug-likeness (QED) is 0.872. The minimum atomic E-state index is 0.703. The van der Waals surface area contributed by atoms with Crippen LogP contribution in [0.3, 0.4) is 0 Å². The fraction of sp³-hybridized carbons (Fsp3) is 0.471. The second-order valence-electron chi connectivity index (χ2n) is 5.46. The van der Waals surface area contributed by atoms with Gasteiger partial charge in [0.1, 0.15) is 5.82 Å². The van der Waals surface area contributed by atoms with Gasteiger partial charge in [0.2, 0.25) is 0 Å². The van der Waals surface area contributed by atoms with Crippen LogP contribution in [0, 0.1) is 0 Å². The molecular weight excluding hydrogens is 246 g/mol. The largest absolute Gasteiger partial charge is 0.354 e. The second-order valence-corrected chi connectivity index (χ2v) is 5.46. The van der Waals surface area contributed by atoms with Crippen LogP contribution >= 0.6 is 0 Å². The van der Waals surface area contributed by atoms with Crippen LogP contribution in [0.15, 0.2) is 30.3 Å². The molecule has 106 valence electrons. The van der Waals surface area contributed by atoms with Gasteiger partial charge in [-0.15, -0.1) is 0 Å². The van der Waals surface area contributed by atoms with Gasteiger partial charge < -0.3 is 10.2 Å². The van der Waals surface area contributed by atoms with Crippen LogP contribution in [0.25, 0.3) is 10.9 Å². The van der Waals surface area contributed by atoms with Gasteiger partial charge in [0, 0.05) is 30.1 Å². The first-order chi connectivity index (χ1) is 9.83. The zero-order chi connectivity index (χ0) is 13.9. The maximum absolute atomic E-state index is 4.95. The Balaban J connectivity index is 2.05. The number of hydrogen-bond acceptors (Lipinski definition) is 3. The van der Waals surface area contributed by atoms with E-state index in [0.717, 1.165) is 25.2 Å². The van der Waals surface area contributed by atoms with Gasteiger partial charge in [-0.2, -0.15) is 0 Å². The average Bonchev–Trinajstić information content (AvgIpc) is 3.30.